The Morgan fingerprint density at radius 2 is 2.21 bits per heavy atom. The van der Waals surface area contributed by atoms with Crippen molar-refractivity contribution in [2.45, 2.75) is 31.8 Å². The maximum atomic E-state index is 5.85. The highest BCUT2D eigenvalue weighted by molar-refractivity contribution is 9.10. The summed E-state index contributed by atoms with van der Waals surface area (Å²) >= 11 is 3.60. The second-order valence-electron chi connectivity index (χ2n) is 5.95. The number of rotatable bonds is 4. The minimum Gasteiger partial charge on any atom is -0.493 e. The summed E-state index contributed by atoms with van der Waals surface area (Å²) in [5.74, 6) is 1.89. The number of nitrogens with two attached hydrogens (primary N) is 1. The lowest BCUT2D eigenvalue weighted by Gasteiger charge is -2.35. The summed E-state index contributed by atoms with van der Waals surface area (Å²) in [6, 6.07) is 4.81. The van der Waals surface area contributed by atoms with Crippen molar-refractivity contribution >= 4 is 15.9 Å². The van der Waals surface area contributed by atoms with Crippen molar-refractivity contribution < 1.29 is 4.74 Å². The van der Waals surface area contributed by atoms with E-state index in [2.05, 4.69) is 40.0 Å². The van der Waals surface area contributed by atoms with Crippen LogP contribution in [0.15, 0.2) is 16.6 Å². The molecule has 1 heterocycles. The number of nitrogens with zero attached hydrogens (tertiary/aromatic N) is 1. The maximum absolute atomic E-state index is 5.85. The fourth-order valence-electron chi connectivity index (χ4n) is 3.20. The Hall–Kier alpha value is -0.580. The van der Waals surface area contributed by atoms with E-state index in [0.717, 1.165) is 42.3 Å². The van der Waals surface area contributed by atoms with E-state index in [-0.39, 0.29) is 0 Å². The van der Waals surface area contributed by atoms with Gasteiger partial charge in [-0.05, 0) is 43.5 Å². The average Bonchev–Trinajstić information content (AvgIpc) is 2.74. The Balaban J connectivity index is 1.66. The molecule has 0 unspecified atom stereocenters. The average molecular weight is 325 g/mol. The zero-order chi connectivity index (χ0) is 13.4. The van der Waals surface area contributed by atoms with Gasteiger partial charge in [0, 0.05) is 35.6 Å². The summed E-state index contributed by atoms with van der Waals surface area (Å²) in [5, 5.41) is 0. The van der Waals surface area contributed by atoms with E-state index in [0.29, 0.717) is 6.04 Å². The number of ether oxygens (including phenoxy) is 1. The largest absolute Gasteiger partial charge is 0.493 e. The van der Waals surface area contributed by atoms with Crippen molar-refractivity contribution in [3.05, 3.63) is 27.7 Å². The number of benzene rings is 1. The van der Waals surface area contributed by atoms with Crippen molar-refractivity contribution in [1.29, 1.82) is 0 Å². The topological polar surface area (TPSA) is 38.5 Å². The predicted molar refractivity (Wildman–Crippen MR) is 80.4 cm³/mol. The molecule has 1 aromatic rings. The molecule has 0 saturated heterocycles. The first-order valence-electron chi connectivity index (χ1n) is 7.00. The molecule has 0 radical (unpaired) electrons. The minimum absolute atomic E-state index is 0.442. The van der Waals surface area contributed by atoms with Crippen LogP contribution in [0.5, 0.6) is 5.75 Å². The van der Waals surface area contributed by atoms with Gasteiger partial charge in [0.1, 0.15) is 5.75 Å². The lowest BCUT2D eigenvalue weighted by Crippen LogP contribution is -2.41. The summed E-state index contributed by atoms with van der Waals surface area (Å²) in [5.41, 5.74) is 8.48. The molecule has 2 aliphatic rings. The second kappa shape index (κ2) is 5.43. The summed E-state index contributed by atoms with van der Waals surface area (Å²) in [6.07, 6.45) is 3.39. The minimum atomic E-state index is 0.442. The lowest BCUT2D eigenvalue weighted by molar-refractivity contribution is 0.177. The molecule has 2 N–H and O–H groups in total. The summed E-state index contributed by atoms with van der Waals surface area (Å²) in [6.45, 7) is 2.91. The smallest absolute Gasteiger partial charge is 0.127 e. The monoisotopic (exact) mass is 324 g/mol. The Labute approximate surface area is 123 Å². The molecule has 104 valence electrons. The zero-order valence-corrected chi connectivity index (χ0v) is 12.9. The van der Waals surface area contributed by atoms with E-state index in [1.54, 1.807) is 0 Å². The van der Waals surface area contributed by atoms with Crippen LogP contribution in [0.2, 0.25) is 0 Å². The number of fused-ring (bicyclic) bond motifs is 1. The van der Waals surface area contributed by atoms with Gasteiger partial charge in [-0.15, -0.1) is 0 Å². The molecule has 0 bridgehead atoms. The third kappa shape index (κ3) is 2.96. The van der Waals surface area contributed by atoms with Gasteiger partial charge in [0.05, 0.1) is 6.61 Å². The molecule has 1 aromatic carbocycles. The molecule has 3 rings (SSSR count). The van der Waals surface area contributed by atoms with Crippen LogP contribution >= 0.6 is 15.9 Å². The van der Waals surface area contributed by atoms with Crippen LogP contribution in [-0.4, -0.2) is 31.1 Å². The summed E-state index contributed by atoms with van der Waals surface area (Å²) in [7, 11) is 2.19. The van der Waals surface area contributed by atoms with Crippen molar-refractivity contribution in [2.75, 3.05) is 20.2 Å². The normalized spacial score (nSPS) is 25.1. The molecule has 0 amide bonds. The van der Waals surface area contributed by atoms with Gasteiger partial charge in [-0.25, -0.2) is 0 Å². The highest BCUT2D eigenvalue weighted by Crippen LogP contribution is 2.34. The molecule has 3 nitrogen and oxygen atoms in total. The Bertz CT molecular complexity index is 471. The van der Waals surface area contributed by atoms with Gasteiger partial charge in [0.15, 0.2) is 0 Å². The van der Waals surface area contributed by atoms with Gasteiger partial charge in [0.25, 0.3) is 0 Å². The Morgan fingerprint density at radius 3 is 2.95 bits per heavy atom. The third-order valence-corrected chi connectivity index (χ3v) is 4.57. The number of hydrogen-bond acceptors (Lipinski definition) is 3. The van der Waals surface area contributed by atoms with Crippen molar-refractivity contribution in [3.8, 4) is 5.75 Å². The Kier molecular flexibility index (Phi) is 3.83. The van der Waals surface area contributed by atoms with E-state index in [9.17, 15) is 0 Å². The van der Waals surface area contributed by atoms with Gasteiger partial charge in [-0.2, -0.15) is 0 Å². The number of hydrogen-bond donors (Lipinski definition) is 1. The zero-order valence-electron chi connectivity index (χ0n) is 11.4. The van der Waals surface area contributed by atoms with Crippen molar-refractivity contribution in [2.24, 2.45) is 11.7 Å². The highest BCUT2D eigenvalue weighted by atomic mass is 79.9. The van der Waals surface area contributed by atoms with E-state index in [4.69, 9.17) is 10.5 Å². The molecule has 1 aliphatic heterocycles. The summed E-state index contributed by atoms with van der Waals surface area (Å²) in [4.78, 5) is 2.39. The fraction of sp³-hybridized carbons (Fsp3) is 0.600. The van der Waals surface area contributed by atoms with Crippen LogP contribution in [-0.2, 0) is 13.0 Å². The van der Waals surface area contributed by atoms with Crippen molar-refractivity contribution in [3.63, 3.8) is 0 Å². The molecule has 0 spiro atoms. The maximum Gasteiger partial charge on any atom is 0.127 e. The predicted octanol–water partition coefficient (Wildman–Crippen LogP) is 2.55. The van der Waals surface area contributed by atoms with Gasteiger partial charge in [-0.3, -0.25) is 0 Å². The van der Waals surface area contributed by atoms with Gasteiger partial charge >= 0.3 is 0 Å². The van der Waals surface area contributed by atoms with Crippen LogP contribution in [0.1, 0.15) is 24.0 Å². The first-order valence-corrected chi connectivity index (χ1v) is 7.79. The second-order valence-corrected chi connectivity index (χ2v) is 6.86. The van der Waals surface area contributed by atoms with E-state index in [1.165, 1.54) is 24.0 Å². The molecule has 0 atom stereocenters. The molecule has 1 saturated carbocycles. The molecular formula is C15H21BrN2O. The van der Waals surface area contributed by atoms with Crippen LogP contribution in [0.4, 0.5) is 0 Å². The quantitative estimate of drug-likeness (QED) is 0.925. The summed E-state index contributed by atoms with van der Waals surface area (Å²) < 4.78 is 6.94. The van der Waals surface area contributed by atoms with Gasteiger partial charge in [-0.1, -0.05) is 15.9 Å². The fourth-order valence-corrected chi connectivity index (χ4v) is 3.75. The third-order valence-electron chi connectivity index (χ3n) is 4.11. The molecule has 4 heteroatoms. The Morgan fingerprint density at radius 1 is 1.42 bits per heavy atom. The van der Waals surface area contributed by atoms with Crippen LogP contribution in [0, 0.1) is 5.92 Å². The standard InChI is InChI=1S/C15H21BrN2O/c1-18(8-10-4-14(17)5-10)9-12-7-13(16)6-11-2-3-19-15(11)12/h6-7,10,14H,2-5,8-9,17H2,1H3. The van der Waals surface area contributed by atoms with Crippen LogP contribution < -0.4 is 10.5 Å². The first kappa shape index (κ1) is 13.4. The highest BCUT2D eigenvalue weighted by Gasteiger charge is 2.27. The molecular weight excluding hydrogens is 304 g/mol. The molecule has 1 fully saturated rings. The van der Waals surface area contributed by atoms with Crippen molar-refractivity contribution in [1.82, 2.24) is 4.90 Å². The molecule has 19 heavy (non-hydrogen) atoms. The van der Waals surface area contributed by atoms with E-state index >= 15 is 0 Å². The SMILES string of the molecule is CN(Cc1cc(Br)cc2c1OCC2)CC1CC(N)C1. The van der Waals surface area contributed by atoms with Gasteiger partial charge in [0.2, 0.25) is 0 Å². The molecule has 0 aromatic heterocycles. The van der Waals surface area contributed by atoms with Gasteiger partial charge < -0.3 is 15.4 Å². The van der Waals surface area contributed by atoms with Crippen LogP contribution in [0.25, 0.3) is 0 Å². The van der Waals surface area contributed by atoms with E-state index in [1.807, 2.05) is 0 Å². The molecule has 1 aliphatic carbocycles. The van der Waals surface area contributed by atoms with E-state index < -0.39 is 0 Å². The lowest BCUT2D eigenvalue weighted by atomic mass is 9.80. The van der Waals surface area contributed by atoms with Crippen LogP contribution in [0.3, 0.4) is 0 Å². The first-order chi connectivity index (χ1) is 9.11. The number of halogens is 1.